The number of rotatable bonds is 24. The van der Waals surface area contributed by atoms with Crippen molar-refractivity contribution in [3.8, 4) is 22.6 Å². The van der Waals surface area contributed by atoms with Crippen LogP contribution in [-0.4, -0.2) is 64.5 Å². The number of aromatic nitrogens is 3. The summed E-state index contributed by atoms with van der Waals surface area (Å²) in [5.74, 6) is 1.51. The number of nitrogens with zero attached hydrogens (tertiary/aromatic N) is 4. The van der Waals surface area contributed by atoms with Gasteiger partial charge in [-0.1, -0.05) is 116 Å². The molecule has 62 heavy (non-hydrogen) atoms. The van der Waals surface area contributed by atoms with Crippen LogP contribution in [0.25, 0.3) is 32.7 Å². The summed E-state index contributed by atoms with van der Waals surface area (Å²) in [4.78, 5) is 31.1. The fraction of sp³-hybridized carbons (Fsp3) is 0.367. The molecule has 2 atom stereocenters. The number of amides is 2. The maximum atomic E-state index is 13.9. The molecule has 1 heterocycles. The number of guanidine groups is 1. The van der Waals surface area contributed by atoms with E-state index in [9.17, 15) is 9.59 Å². The van der Waals surface area contributed by atoms with Gasteiger partial charge in [-0.25, -0.2) is 0 Å². The van der Waals surface area contributed by atoms with Crippen molar-refractivity contribution in [3.05, 3.63) is 121 Å². The maximum absolute atomic E-state index is 13.9. The number of fused-ring (bicyclic) bond motifs is 2. The Morgan fingerprint density at radius 2 is 1.42 bits per heavy atom. The van der Waals surface area contributed by atoms with Gasteiger partial charge < -0.3 is 37.3 Å². The fourth-order valence-electron chi connectivity index (χ4n) is 7.52. The Hall–Kier alpha value is -6.47. The number of benzene rings is 5. The number of carbonyl (C=O) groups is 2. The minimum Gasteiger partial charge on any atom is -0.493 e. The number of carbonyl (C=O) groups excluding carboxylic acids is 2. The Balaban J connectivity index is 1.19. The summed E-state index contributed by atoms with van der Waals surface area (Å²) in [5.41, 5.74) is 20.5. The molecule has 0 saturated carbocycles. The van der Waals surface area contributed by atoms with Crippen LogP contribution >= 0.6 is 0 Å². The lowest BCUT2D eigenvalue weighted by Gasteiger charge is -2.23. The summed E-state index contributed by atoms with van der Waals surface area (Å²) < 4.78 is 14.9. The first-order valence-corrected chi connectivity index (χ1v) is 21.8. The zero-order valence-electron chi connectivity index (χ0n) is 36.0. The van der Waals surface area contributed by atoms with Crippen molar-refractivity contribution >= 4 is 39.3 Å². The van der Waals surface area contributed by atoms with Gasteiger partial charge in [-0.15, -0.1) is 5.10 Å². The first-order chi connectivity index (χ1) is 30.2. The minimum absolute atomic E-state index is 0.0192. The van der Waals surface area contributed by atoms with Crippen LogP contribution < -0.4 is 37.3 Å². The highest BCUT2D eigenvalue weighted by Crippen LogP contribution is 2.45. The van der Waals surface area contributed by atoms with Crippen molar-refractivity contribution in [1.82, 2.24) is 25.6 Å². The molecule has 2 amide bonds. The third-order valence-corrected chi connectivity index (χ3v) is 10.8. The van der Waals surface area contributed by atoms with Crippen LogP contribution in [0.15, 0.2) is 114 Å². The summed E-state index contributed by atoms with van der Waals surface area (Å²) in [6.07, 6.45) is 6.72. The second kappa shape index (κ2) is 22.9. The van der Waals surface area contributed by atoms with E-state index in [1.165, 1.54) is 0 Å². The van der Waals surface area contributed by atoms with Crippen LogP contribution in [-0.2, 0) is 29.2 Å². The number of nitrogens with one attached hydrogen (secondary N) is 2. The van der Waals surface area contributed by atoms with Gasteiger partial charge in [0.05, 0.1) is 19.3 Å². The van der Waals surface area contributed by atoms with Crippen molar-refractivity contribution in [3.63, 3.8) is 0 Å². The smallest absolute Gasteiger partial charge is 0.242 e. The quantitative estimate of drug-likeness (QED) is 0.0241. The van der Waals surface area contributed by atoms with E-state index in [0.29, 0.717) is 69.3 Å². The molecule has 0 aliphatic rings. The highest BCUT2D eigenvalue weighted by Gasteiger charge is 2.24. The number of unbranched alkanes of at least 4 members (excludes halogenated alkanes) is 1. The summed E-state index contributed by atoms with van der Waals surface area (Å²) >= 11 is 0. The van der Waals surface area contributed by atoms with E-state index >= 15 is 0 Å². The number of hydrogen-bond acceptors (Lipinski definition) is 8. The second-order valence-electron chi connectivity index (χ2n) is 16.1. The number of ether oxygens (including phenoxy) is 2. The van der Waals surface area contributed by atoms with E-state index in [0.717, 1.165) is 63.2 Å². The molecule has 13 heteroatoms. The number of hydrogen-bond donors (Lipinski definition) is 5. The zero-order valence-corrected chi connectivity index (χ0v) is 36.0. The molecule has 0 fully saturated rings. The van der Waals surface area contributed by atoms with Crippen LogP contribution in [0.3, 0.4) is 0 Å². The Morgan fingerprint density at radius 1 is 0.758 bits per heavy atom. The predicted octanol–water partition coefficient (Wildman–Crippen LogP) is 7.04. The molecular weight excluding hydrogens is 779 g/mol. The molecule has 0 bridgehead atoms. The van der Waals surface area contributed by atoms with E-state index in [1.807, 2.05) is 60.8 Å². The Bertz CT molecular complexity index is 2390. The van der Waals surface area contributed by atoms with Crippen molar-refractivity contribution in [2.75, 3.05) is 19.7 Å². The van der Waals surface area contributed by atoms with Crippen LogP contribution in [0.5, 0.6) is 11.5 Å². The van der Waals surface area contributed by atoms with Crippen molar-refractivity contribution in [2.45, 2.75) is 90.4 Å². The molecule has 13 nitrogen and oxygen atoms in total. The maximum Gasteiger partial charge on any atom is 0.242 e. The van der Waals surface area contributed by atoms with Crippen molar-refractivity contribution in [1.29, 1.82) is 0 Å². The lowest BCUT2D eigenvalue weighted by atomic mass is 9.92. The van der Waals surface area contributed by atoms with E-state index in [-0.39, 0.29) is 36.8 Å². The molecule has 0 unspecified atom stereocenters. The van der Waals surface area contributed by atoms with E-state index in [1.54, 1.807) is 4.68 Å². The van der Waals surface area contributed by atoms with Gasteiger partial charge >= 0.3 is 0 Å². The van der Waals surface area contributed by atoms with Gasteiger partial charge in [-0.05, 0) is 90.2 Å². The Labute approximate surface area is 364 Å². The third-order valence-electron chi connectivity index (χ3n) is 10.8. The molecule has 0 radical (unpaired) electrons. The SMILES string of the molecule is CC(C)CCOc1ccc2ccccc2c1-c1c(OCc2cn(C[C@@H](CCCCN)NC(=O)[C@@H](CCCN=C(N)N)NC(=O)CCc3ccccc3)nn2)ccc2ccccc12. The van der Waals surface area contributed by atoms with E-state index in [4.69, 9.17) is 26.7 Å². The fourth-order valence-corrected chi connectivity index (χ4v) is 7.52. The van der Waals surface area contributed by atoms with Gasteiger partial charge in [0.1, 0.15) is 29.8 Å². The molecule has 0 aliphatic heterocycles. The molecule has 1 aromatic heterocycles. The number of aliphatic imine (C=N–C) groups is 1. The lowest BCUT2D eigenvalue weighted by Crippen LogP contribution is -2.50. The summed E-state index contributed by atoms with van der Waals surface area (Å²) in [6, 6.07) is 33.6. The van der Waals surface area contributed by atoms with E-state index < -0.39 is 6.04 Å². The summed E-state index contributed by atoms with van der Waals surface area (Å²) in [6.45, 7) is 6.40. The standard InChI is InChI=1S/C49H61N9O4/c1-34(2)27-30-61-43-24-22-36-15-6-8-18-40(36)46(43)47-41-19-9-7-16-37(41)23-25-44(47)62-33-39-32-58(57-56-39)31-38(17-10-11-28-50)54-48(60)42(20-12-29-53-49(51)52)55-45(59)26-21-35-13-4-3-5-14-35/h3-9,13-16,18-19,22-25,32,34,38,42H,10-12,17,20-21,26-31,33,50H2,1-2H3,(H,54,60)(H,55,59)(H4,51,52,53)/t38-,42-/m1/s1. The predicted molar refractivity (Wildman–Crippen MR) is 248 cm³/mol. The minimum atomic E-state index is -0.775. The van der Waals surface area contributed by atoms with Crippen molar-refractivity contribution < 1.29 is 19.1 Å². The van der Waals surface area contributed by atoms with Gasteiger partial charge in [0.25, 0.3) is 0 Å². The highest BCUT2D eigenvalue weighted by atomic mass is 16.5. The average Bonchev–Trinajstić information content (AvgIpc) is 3.72. The molecule has 6 rings (SSSR count). The molecule has 0 spiro atoms. The largest absolute Gasteiger partial charge is 0.493 e. The van der Waals surface area contributed by atoms with Gasteiger partial charge in [-0.2, -0.15) is 0 Å². The molecule has 6 aromatic rings. The number of aryl methyl sites for hydroxylation is 1. The molecule has 8 N–H and O–H groups in total. The van der Waals surface area contributed by atoms with E-state index in [2.05, 4.69) is 88.3 Å². The van der Waals surface area contributed by atoms with Crippen LogP contribution in [0.2, 0.25) is 0 Å². The summed E-state index contributed by atoms with van der Waals surface area (Å²) in [5, 5.41) is 19.4. The average molecular weight is 840 g/mol. The molecule has 5 aromatic carbocycles. The van der Waals surface area contributed by atoms with Gasteiger partial charge in [0, 0.05) is 30.1 Å². The van der Waals surface area contributed by atoms with Gasteiger partial charge in [0.15, 0.2) is 5.96 Å². The zero-order chi connectivity index (χ0) is 43.7. The molecular formula is C49H61N9O4. The lowest BCUT2D eigenvalue weighted by molar-refractivity contribution is -0.129. The first-order valence-electron chi connectivity index (χ1n) is 21.8. The van der Waals surface area contributed by atoms with Crippen LogP contribution in [0, 0.1) is 5.92 Å². The normalized spacial score (nSPS) is 12.3. The first kappa shape index (κ1) is 45.1. The van der Waals surface area contributed by atoms with Crippen LogP contribution in [0.1, 0.15) is 70.1 Å². The highest BCUT2D eigenvalue weighted by molar-refractivity contribution is 6.09. The van der Waals surface area contributed by atoms with Gasteiger partial charge in [0.2, 0.25) is 11.8 Å². The van der Waals surface area contributed by atoms with Crippen molar-refractivity contribution in [2.24, 2.45) is 28.1 Å². The topological polar surface area (TPSA) is 198 Å². The Kier molecular flexibility index (Phi) is 16.7. The molecule has 326 valence electrons. The molecule has 0 aliphatic carbocycles. The third kappa shape index (κ3) is 13.0. The van der Waals surface area contributed by atoms with Gasteiger partial charge in [-0.3, -0.25) is 19.3 Å². The Morgan fingerprint density at radius 3 is 2.08 bits per heavy atom. The van der Waals surface area contributed by atoms with Crippen LogP contribution in [0.4, 0.5) is 0 Å². The monoisotopic (exact) mass is 839 g/mol. The second-order valence-corrected chi connectivity index (χ2v) is 16.1. The number of nitrogens with two attached hydrogens (primary N) is 3. The summed E-state index contributed by atoms with van der Waals surface area (Å²) in [7, 11) is 0. The molecule has 0 saturated heterocycles.